The fourth-order valence-corrected chi connectivity index (χ4v) is 4.46. The Morgan fingerprint density at radius 2 is 1.58 bits per heavy atom. The van der Waals surface area contributed by atoms with Crippen molar-refractivity contribution >= 4 is 17.5 Å². The second kappa shape index (κ2) is 3.69. The van der Waals surface area contributed by atoms with Crippen LogP contribution in [0.2, 0.25) is 0 Å². The summed E-state index contributed by atoms with van der Waals surface area (Å²) in [4.78, 5) is 26.8. The molecule has 19 heavy (non-hydrogen) atoms. The standard InChI is InChI=1S/C16H17NO2/c1-9-4-2-3-5-12(9)17-15(18)13-10-6-7-11(8-10)14(13)16(17)19/h2-5,10-11,13-14H,6-8H2,1H3/t10-,11-,13-,14-/m0/s1. The van der Waals surface area contributed by atoms with Gasteiger partial charge in [0, 0.05) is 0 Å². The highest BCUT2D eigenvalue weighted by Crippen LogP contribution is 2.56. The zero-order valence-electron chi connectivity index (χ0n) is 11.0. The molecule has 98 valence electrons. The molecule has 2 aliphatic carbocycles. The first-order chi connectivity index (χ1) is 9.18. The van der Waals surface area contributed by atoms with Crippen LogP contribution < -0.4 is 4.90 Å². The number of hydrogen-bond donors (Lipinski definition) is 0. The Hall–Kier alpha value is -1.64. The highest BCUT2D eigenvalue weighted by Gasteiger charge is 2.61. The normalized spacial score (nSPS) is 36.2. The number of nitrogens with zero attached hydrogens (tertiary/aromatic N) is 1. The van der Waals surface area contributed by atoms with Crippen LogP contribution in [0.15, 0.2) is 24.3 Å². The van der Waals surface area contributed by atoms with Gasteiger partial charge in [-0.3, -0.25) is 9.59 Å². The quantitative estimate of drug-likeness (QED) is 0.723. The monoisotopic (exact) mass is 255 g/mol. The van der Waals surface area contributed by atoms with Crippen molar-refractivity contribution in [2.45, 2.75) is 26.2 Å². The molecule has 1 saturated heterocycles. The molecule has 4 rings (SSSR count). The zero-order valence-corrected chi connectivity index (χ0v) is 11.0. The van der Waals surface area contributed by atoms with Crippen LogP contribution in [0.3, 0.4) is 0 Å². The van der Waals surface area contributed by atoms with E-state index in [1.54, 1.807) is 0 Å². The highest BCUT2D eigenvalue weighted by atomic mass is 16.2. The molecule has 1 aromatic rings. The number of hydrogen-bond acceptors (Lipinski definition) is 2. The van der Waals surface area contributed by atoms with Crippen molar-refractivity contribution in [2.24, 2.45) is 23.7 Å². The molecule has 3 aliphatic rings. The summed E-state index contributed by atoms with van der Waals surface area (Å²) in [6.07, 6.45) is 3.35. The van der Waals surface area contributed by atoms with E-state index in [0.717, 1.165) is 30.5 Å². The third-order valence-electron chi connectivity index (χ3n) is 5.28. The van der Waals surface area contributed by atoms with Crippen molar-refractivity contribution in [1.29, 1.82) is 0 Å². The number of para-hydroxylation sites is 1. The van der Waals surface area contributed by atoms with E-state index in [1.807, 2.05) is 31.2 Å². The summed E-state index contributed by atoms with van der Waals surface area (Å²) in [6, 6.07) is 7.67. The molecule has 3 heteroatoms. The molecule has 0 N–H and O–H groups in total. The lowest BCUT2D eigenvalue weighted by molar-refractivity contribution is -0.123. The number of rotatable bonds is 1. The lowest BCUT2D eigenvalue weighted by Crippen LogP contribution is -2.33. The molecule has 0 unspecified atom stereocenters. The largest absolute Gasteiger partial charge is 0.274 e. The highest BCUT2D eigenvalue weighted by molar-refractivity contribution is 6.22. The van der Waals surface area contributed by atoms with Gasteiger partial charge in [0.1, 0.15) is 0 Å². The van der Waals surface area contributed by atoms with Gasteiger partial charge in [0.2, 0.25) is 11.8 Å². The molecular formula is C16H17NO2. The van der Waals surface area contributed by atoms with Gasteiger partial charge >= 0.3 is 0 Å². The van der Waals surface area contributed by atoms with Crippen molar-refractivity contribution in [2.75, 3.05) is 4.90 Å². The minimum atomic E-state index is -0.0224. The van der Waals surface area contributed by atoms with Crippen LogP contribution in [0.5, 0.6) is 0 Å². The van der Waals surface area contributed by atoms with E-state index >= 15 is 0 Å². The van der Waals surface area contributed by atoms with Gasteiger partial charge in [0.05, 0.1) is 17.5 Å². The lowest BCUT2D eigenvalue weighted by Gasteiger charge is -2.19. The van der Waals surface area contributed by atoms with Gasteiger partial charge in [-0.25, -0.2) is 4.90 Å². The molecule has 2 saturated carbocycles. The van der Waals surface area contributed by atoms with Crippen LogP contribution in [0.25, 0.3) is 0 Å². The SMILES string of the molecule is Cc1ccccc1N1C(=O)[C@H]2[C@H]3CC[C@@H](C3)[C@@H]2C1=O. The van der Waals surface area contributed by atoms with E-state index in [0.29, 0.717) is 11.8 Å². The Bertz CT molecular complexity index is 552. The van der Waals surface area contributed by atoms with Crippen molar-refractivity contribution in [1.82, 2.24) is 0 Å². The third-order valence-corrected chi connectivity index (χ3v) is 5.28. The van der Waals surface area contributed by atoms with E-state index in [-0.39, 0.29) is 23.7 Å². The summed E-state index contributed by atoms with van der Waals surface area (Å²) in [5.74, 6) is 0.977. The topological polar surface area (TPSA) is 37.4 Å². The van der Waals surface area contributed by atoms with Crippen LogP contribution in [-0.4, -0.2) is 11.8 Å². The number of carbonyl (C=O) groups excluding carboxylic acids is 2. The maximum Gasteiger partial charge on any atom is 0.237 e. The van der Waals surface area contributed by atoms with Gasteiger partial charge in [-0.1, -0.05) is 18.2 Å². The lowest BCUT2D eigenvalue weighted by atomic mass is 9.81. The van der Waals surface area contributed by atoms with Crippen LogP contribution in [-0.2, 0) is 9.59 Å². The van der Waals surface area contributed by atoms with Gasteiger partial charge in [-0.15, -0.1) is 0 Å². The maximum atomic E-state index is 12.6. The second-order valence-corrected chi connectivity index (χ2v) is 6.18. The Kier molecular flexibility index (Phi) is 2.17. The van der Waals surface area contributed by atoms with E-state index in [2.05, 4.69) is 0 Å². The van der Waals surface area contributed by atoms with Crippen LogP contribution in [0.4, 0.5) is 5.69 Å². The number of carbonyl (C=O) groups is 2. The maximum absolute atomic E-state index is 12.6. The second-order valence-electron chi connectivity index (χ2n) is 6.18. The van der Waals surface area contributed by atoms with E-state index in [1.165, 1.54) is 4.90 Å². The third kappa shape index (κ3) is 1.33. The summed E-state index contributed by atoms with van der Waals surface area (Å²) in [5.41, 5.74) is 1.78. The summed E-state index contributed by atoms with van der Waals surface area (Å²) >= 11 is 0. The summed E-state index contributed by atoms with van der Waals surface area (Å²) in [7, 11) is 0. The molecule has 0 aromatic heterocycles. The van der Waals surface area contributed by atoms with Gasteiger partial charge in [-0.05, 0) is 49.7 Å². The summed E-state index contributed by atoms with van der Waals surface area (Å²) in [5, 5.41) is 0. The average Bonchev–Trinajstić information content (AvgIpc) is 3.06. The van der Waals surface area contributed by atoms with Crippen molar-refractivity contribution in [3.63, 3.8) is 0 Å². The predicted octanol–water partition coefficient (Wildman–Crippen LogP) is 2.53. The number of fused-ring (bicyclic) bond motifs is 5. The minimum absolute atomic E-state index is 0.0224. The van der Waals surface area contributed by atoms with Crippen LogP contribution in [0.1, 0.15) is 24.8 Å². The van der Waals surface area contributed by atoms with Crippen molar-refractivity contribution in [3.05, 3.63) is 29.8 Å². The van der Waals surface area contributed by atoms with Gasteiger partial charge < -0.3 is 0 Å². The van der Waals surface area contributed by atoms with E-state index < -0.39 is 0 Å². The van der Waals surface area contributed by atoms with E-state index in [9.17, 15) is 9.59 Å². The molecule has 2 amide bonds. The first-order valence-corrected chi connectivity index (χ1v) is 7.12. The average molecular weight is 255 g/mol. The number of benzene rings is 1. The number of imide groups is 1. The van der Waals surface area contributed by atoms with Gasteiger partial charge in [-0.2, -0.15) is 0 Å². The molecule has 4 atom stereocenters. The fourth-order valence-electron chi connectivity index (χ4n) is 4.46. The predicted molar refractivity (Wildman–Crippen MR) is 71.5 cm³/mol. The molecule has 1 aromatic carbocycles. The summed E-state index contributed by atoms with van der Waals surface area (Å²) < 4.78 is 0. The van der Waals surface area contributed by atoms with Crippen molar-refractivity contribution in [3.8, 4) is 0 Å². The molecule has 1 aliphatic heterocycles. The zero-order chi connectivity index (χ0) is 13.1. The Labute approximate surface area is 112 Å². The van der Waals surface area contributed by atoms with Crippen molar-refractivity contribution < 1.29 is 9.59 Å². The molecule has 1 heterocycles. The molecule has 2 bridgehead atoms. The van der Waals surface area contributed by atoms with E-state index in [4.69, 9.17) is 0 Å². The molecule has 0 radical (unpaired) electrons. The Morgan fingerprint density at radius 3 is 2.16 bits per heavy atom. The number of anilines is 1. The van der Waals surface area contributed by atoms with Gasteiger partial charge in [0.25, 0.3) is 0 Å². The Balaban J connectivity index is 1.78. The fraction of sp³-hybridized carbons (Fsp3) is 0.500. The number of amides is 2. The van der Waals surface area contributed by atoms with Crippen LogP contribution >= 0.6 is 0 Å². The first-order valence-electron chi connectivity index (χ1n) is 7.12. The Morgan fingerprint density at radius 1 is 1.00 bits per heavy atom. The molecule has 3 nitrogen and oxygen atoms in total. The molecular weight excluding hydrogens is 238 g/mol. The smallest absolute Gasteiger partial charge is 0.237 e. The van der Waals surface area contributed by atoms with Crippen LogP contribution in [0, 0.1) is 30.6 Å². The molecule has 3 fully saturated rings. The molecule has 0 spiro atoms. The number of aryl methyl sites for hydroxylation is 1. The first kappa shape index (κ1) is 11.2. The van der Waals surface area contributed by atoms with Gasteiger partial charge in [0.15, 0.2) is 0 Å². The summed E-state index contributed by atoms with van der Waals surface area (Å²) in [6.45, 7) is 1.96. The minimum Gasteiger partial charge on any atom is -0.274 e.